The lowest BCUT2D eigenvalue weighted by atomic mass is 9.77. The third-order valence-electron chi connectivity index (χ3n) is 4.69. The van der Waals surface area contributed by atoms with Crippen molar-refractivity contribution in [3.05, 3.63) is 48.0 Å². The Labute approximate surface area is 114 Å². The minimum atomic E-state index is -0.253. The lowest BCUT2D eigenvalue weighted by Crippen LogP contribution is -2.39. The summed E-state index contributed by atoms with van der Waals surface area (Å²) in [6, 6.07) is 14.9. The molecule has 1 aliphatic carbocycles. The zero-order valence-corrected chi connectivity index (χ0v) is 11.2. The predicted octanol–water partition coefficient (Wildman–Crippen LogP) is 2.87. The van der Waals surface area contributed by atoms with Gasteiger partial charge in [-0.1, -0.05) is 48.9 Å². The molecule has 0 radical (unpaired) electrons. The van der Waals surface area contributed by atoms with Gasteiger partial charge in [-0.2, -0.15) is 0 Å². The Bertz CT molecular complexity index is 575. The van der Waals surface area contributed by atoms with Gasteiger partial charge in [-0.15, -0.1) is 0 Å². The van der Waals surface area contributed by atoms with Crippen molar-refractivity contribution in [3.63, 3.8) is 0 Å². The van der Waals surface area contributed by atoms with Crippen molar-refractivity contribution in [3.8, 4) is 0 Å². The fourth-order valence-electron chi connectivity index (χ4n) is 3.46. The third-order valence-corrected chi connectivity index (χ3v) is 4.69. The molecule has 0 spiro atoms. The van der Waals surface area contributed by atoms with Gasteiger partial charge in [-0.3, -0.25) is 0 Å². The van der Waals surface area contributed by atoms with E-state index < -0.39 is 0 Å². The van der Waals surface area contributed by atoms with Crippen LogP contribution >= 0.6 is 0 Å². The Balaban J connectivity index is 2.01. The number of aliphatic hydroxyl groups excluding tert-OH is 1. The van der Waals surface area contributed by atoms with Crippen LogP contribution in [0.2, 0.25) is 0 Å². The highest BCUT2D eigenvalue weighted by atomic mass is 16.3. The molecule has 3 rings (SSSR count). The molecule has 0 saturated heterocycles. The van der Waals surface area contributed by atoms with Gasteiger partial charge >= 0.3 is 0 Å². The average molecular weight is 255 g/mol. The standard InChI is InChI=1S/C17H21NO/c18-12-17(10-4-9-16(17)19)11-14-7-3-6-13-5-1-2-8-15(13)14/h1-3,5-8,16,19H,4,9-12,18H2. The molecule has 1 saturated carbocycles. The fourth-order valence-corrected chi connectivity index (χ4v) is 3.46. The number of aliphatic hydroxyl groups is 1. The molecule has 1 fully saturated rings. The Morgan fingerprint density at radius 3 is 2.68 bits per heavy atom. The van der Waals surface area contributed by atoms with Crippen LogP contribution in [-0.2, 0) is 6.42 Å². The van der Waals surface area contributed by atoms with E-state index in [9.17, 15) is 5.11 Å². The smallest absolute Gasteiger partial charge is 0.0611 e. The fraction of sp³-hybridized carbons (Fsp3) is 0.412. The zero-order chi connectivity index (χ0) is 13.3. The first-order valence-corrected chi connectivity index (χ1v) is 7.10. The van der Waals surface area contributed by atoms with Gasteiger partial charge in [0.25, 0.3) is 0 Å². The van der Waals surface area contributed by atoms with Crippen LogP contribution in [0.5, 0.6) is 0 Å². The Kier molecular flexibility index (Phi) is 3.29. The second-order valence-electron chi connectivity index (χ2n) is 5.79. The highest BCUT2D eigenvalue weighted by Crippen LogP contribution is 2.41. The maximum absolute atomic E-state index is 10.3. The van der Waals surface area contributed by atoms with Crippen LogP contribution < -0.4 is 5.73 Å². The maximum atomic E-state index is 10.3. The van der Waals surface area contributed by atoms with Gasteiger partial charge in [0.2, 0.25) is 0 Å². The molecule has 0 aromatic heterocycles. The van der Waals surface area contributed by atoms with Crippen LogP contribution in [0.3, 0.4) is 0 Å². The summed E-state index contributed by atoms with van der Waals surface area (Å²) in [4.78, 5) is 0. The van der Waals surface area contributed by atoms with E-state index in [2.05, 4.69) is 42.5 Å². The van der Waals surface area contributed by atoms with Crippen LogP contribution in [0.25, 0.3) is 10.8 Å². The molecule has 2 atom stereocenters. The van der Waals surface area contributed by atoms with E-state index in [-0.39, 0.29) is 11.5 Å². The summed E-state index contributed by atoms with van der Waals surface area (Å²) in [5.41, 5.74) is 7.18. The van der Waals surface area contributed by atoms with Gasteiger partial charge in [-0.25, -0.2) is 0 Å². The largest absolute Gasteiger partial charge is 0.392 e. The van der Waals surface area contributed by atoms with Crippen LogP contribution in [0.15, 0.2) is 42.5 Å². The Hall–Kier alpha value is -1.38. The zero-order valence-electron chi connectivity index (χ0n) is 11.2. The molecule has 0 amide bonds. The minimum absolute atomic E-state index is 0.121. The SMILES string of the molecule is NCC1(Cc2cccc3ccccc23)CCCC1O. The van der Waals surface area contributed by atoms with Gasteiger partial charge in [-0.05, 0) is 35.6 Å². The Morgan fingerprint density at radius 1 is 1.16 bits per heavy atom. The number of nitrogens with two attached hydrogens (primary N) is 1. The topological polar surface area (TPSA) is 46.2 Å². The monoisotopic (exact) mass is 255 g/mol. The van der Waals surface area contributed by atoms with Gasteiger partial charge < -0.3 is 10.8 Å². The second-order valence-corrected chi connectivity index (χ2v) is 5.79. The molecule has 2 unspecified atom stereocenters. The van der Waals surface area contributed by atoms with Crippen molar-refractivity contribution < 1.29 is 5.11 Å². The maximum Gasteiger partial charge on any atom is 0.0611 e. The summed E-state index contributed by atoms with van der Waals surface area (Å²) in [6.45, 7) is 0.567. The molecule has 1 aliphatic rings. The van der Waals surface area contributed by atoms with Crippen LogP contribution in [-0.4, -0.2) is 17.8 Å². The summed E-state index contributed by atoms with van der Waals surface area (Å²) in [6.07, 6.45) is 3.64. The number of rotatable bonds is 3. The molecule has 3 N–H and O–H groups in total. The summed E-state index contributed by atoms with van der Waals surface area (Å²) < 4.78 is 0. The molecule has 19 heavy (non-hydrogen) atoms. The van der Waals surface area contributed by atoms with Gasteiger partial charge in [0.1, 0.15) is 0 Å². The van der Waals surface area contributed by atoms with Crippen molar-refractivity contribution in [2.75, 3.05) is 6.54 Å². The molecule has 2 aromatic rings. The number of hydrogen-bond donors (Lipinski definition) is 2. The highest BCUT2D eigenvalue weighted by Gasteiger charge is 2.40. The quantitative estimate of drug-likeness (QED) is 0.886. The molecule has 0 bridgehead atoms. The van der Waals surface area contributed by atoms with Crippen molar-refractivity contribution >= 4 is 10.8 Å². The minimum Gasteiger partial charge on any atom is -0.392 e. The third kappa shape index (κ3) is 2.15. The van der Waals surface area contributed by atoms with E-state index >= 15 is 0 Å². The van der Waals surface area contributed by atoms with Crippen LogP contribution in [0.4, 0.5) is 0 Å². The Morgan fingerprint density at radius 2 is 1.95 bits per heavy atom. The van der Waals surface area contributed by atoms with Crippen molar-refractivity contribution in [1.82, 2.24) is 0 Å². The van der Waals surface area contributed by atoms with Crippen molar-refractivity contribution in [2.24, 2.45) is 11.1 Å². The normalized spacial score (nSPS) is 26.9. The molecular weight excluding hydrogens is 234 g/mol. The van der Waals surface area contributed by atoms with E-state index in [1.165, 1.54) is 16.3 Å². The van der Waals surface area contributed by atoms with Gasteiger partial charge in [0, 0.05) is 12.0 Å². The summed E-state index contributed by atoms with van der Waals surface area (Å²) in [7, 11) is 0. The van der Waals surface area contributed by atoms with Crippen LogP contribution in [0.1, 0.15) is 24.8 Å². The first kappa shape index (κ1) is 12.6. The summed E-state index contributed by atoms with van der Waals surface area (Å²) in [5, 5.41) is 12.8. The van der Waals surface area contributed by atoms with Gasteiger partial charge in [0.15, 0.2) is 0 Å². The van der Waals surface area contributed by atoms with Crippen LogP contribution in [0, 0.1) is 5.41 Å². The second kappa shape index (κ2) is 4.95. The predicted molar refractivity (Wildman–Crippen MR) is 79.0 cm³/mol. The lowest BCUT2D eigenvalue weighted by Gasteiger charge is -2.32. The lowest BCUT2D eigenvalue weighted by molar-refractivity contribution is 0.0591. The molecule has 2 aromatic carbocycles. The highest BCUT2D eigenvalue weighted by molar-refractivity contribution is 5.85. The first-order chi connectivity index (χ1) is 9.25. The molecule has 100 valence electrons. The van der Waals surface area contributed by atoms with Gasteiger partial charge in [0.05, 0.1) is 6.10 Å². The molecule has 0 heterocycles. The number of benzene rings is 2. The molecule has 2 nitrogen and oxygen atoms in total. The van der Waals surface area contributed by atoms with E-state index in [1.54, 1.807) is 0 Å². The number of fused-ring (bicyclic) bond motifs is 1. The van der Waals surface area contributed by atoms with E-state index in [0.717, 1.165) is 25.7 Å². The van der Waals surface area contributed by atoms with E-state index in [1.807, 2.05) is 0 Å². The van der Waals surface area contributed by atoms with Crippen molar-refractivity contribution in [1.29, 1.82) is 0 Å². The van der Waals surface area contributed by atoms with Crippen molar-refractivity contribution in [2.45, 2.75) is 31.8 Å². The average Bonchev–Trinajstić information content (AvgIpc) is 2.81. The summed E-state index contributed by atoms with van der Waals surface area (Å²) in [5.74, 6) is 0. The molecule has 0 aliphatic heterocycles. The first-order valence-electron chi connectivity index (χ1n) is 7.10. The van der Waals surface area contributed by atoms with E-state index in [4.69, 9.17) is 5.73 Å². The molecule has 2 heteroatoms. The number of hydrogen-bond acceptors (Lipinski definition) is 2. The molecular formula is C17H21NO. The van der Waals surface area contributed by atoms with E-state index in [0.29, 0.717) is 6.54 Å². The summed E-state index contributed by atoms with van der Waals surface area (Å²) >= 11 is 0.